The Kier molecular flexibility index (Phi) is 14.0. The van der Waals surface area contributed by atoms with Gasteiger partial charge >= 0.3 is 0 Å². The van der Waals surface area contributed by atoms with Gasteiger partial charge in [-0.15, -0.1) is 0 Å². The minimum absolute atomic E-state index is 0. The predicted octanol–water partition coefficient (Wildman–Crippen LogP) is 4.15. The van der Waals surface area contributed by atoms with Gasteiger partial charge in [0.1, 0.15) is 5.82 Å². The molecule has 22 heavy (non-hydrogen) atoms. The zero-order chi connectivity index (χ0) is 16.6. The van der Waals surface area contributed by atoms with Crippen LogP contribution in [-0.4, -0.2) is 49.3 Å². The maximum absolute atomic E-state index is 5.29. The topological polar surface area (TPSA) is 37.4 Å². The first kappa shape index (κ1) is 20.9. The van der Waals surface area contributed by atoms with Gasteiger partial charge < -0.3 is 10.1 Å². The fourth-order valence-electron chi connectivity index (χ4n) is 1.63. The highest BCUT2D eigenvalue weighted by molar-refractivity contribution is 5.32. The Morgan fingerprint density at radius 1 is 1.27 bits per heavy atom. The van der Waals surface area contributed by atoms with E-state index in [1.54, 1.807) is 6.20 Å². The highest BCUT2D eigenvalue weighted by Crippen LogP contribution is 2.00. The number of anilines is 1. The van der Waals surface area contributed by atoms with Crippen LogP contribution in [0.4, 0.5) is 5.82 Å². The summed E-state index contributed by atoms with van der Waals surface area (Å²) < 4.78 is 5.29. The van der Waals surface area contributed by atoms with Gasteiger partial charge in [0.25, 0.3) is 0 Å². The fourth-order valence-corrected chi connectivity index (χ4v) is 1.63. The second-order valence-corrected chi connectivity index (χ2v) is 5.40. The van der Waals surface area contributed by atoms with Crippen molar-refractivity contribution in [1.29, 1.82) is 0 Å². The molecule has 0 aliphatic carbocycles. The van der Waals surface area contributed by atoms with Crippen LogP contribution in [0.15, 0.2) is 24.4 Å². The van der Waals surface area contributed by atoms with Crippen molar-refractivity contribution >= 4 is 5.82 Å². The Morgan fingerprint density at radius 3 is 2.41 bits per heavy atom. The van der Waals surface area contributed by atoms with Gasteiger partial charge in [0.15, 0.2) is 0 Å². The lowest BCUT2D eigenvalue weighted by molar-refractivity contribution is 0.0398. The highest BCUT2D eigenvalue weighted by Gasteiger charge is 2.08. The summed E-state index contributed by atoms with van der Waals surface area (Å²) in [5.41, 5.74) is 0. The van der Waals surface area contributed by atoms with Crippen molar-refractivity contribution in [2.75, 3.05) is 44.7 Å². The quantitative estimate of drug-likeness (QED) is 0.886. The zero-order valence-corrected chi connectivity index (χ0v) is 15.1. The Labute approximate surface area is 138 Å². The monoisotopic (exact) mass is 311 g/mol. The summed E-state index contributed by atoms with van der Waals surface area (Å²) in [5, 5.41) is 3.30. The summed E-state index contributed by atoms with van der Waals surface area (Å²) in [6.07, 6.45) is 3.11. The van der Waals surface area contributed by atoms with Gasteiger partial charge in [-0.2, -0.15) is 0 Å². The Morgan fingerprint density at radius 2 is 1.91 bits per heavy atom. The van der Waals surface area contributed by atoms with Crippen molar-refractivity contribution in [3.05, 3.63) is 24.4 Å². The Bertz CT molecular complexity index is 330. The summed E-state index contributed by atoms with van der Waals surface area (Å²) in [7, 11) is 0. The first-order valence-corrected chi connectivity index (χ1v) is 8.67. The normalized spacial score (nSPS) is 14.5. The van der Waals surface area contributed by atoms with Gasteiger partial charge in [-0.1, -0.05) is 47.1 Å². The number of nitrogens with one attached hydrogen (secondary N) is 1. The Balaban J connectivity index is 0. The molecule has 0 bridgehead atoms. The molecule has 0 aromatic carbocycles. The smallest absolute Gasteiger partial charge is 0.125 e. The lowest BCUT2D eigenvalue weighted by Gasteiger charge is -2.26. The molecule has 0 atom stereocenters. The molecule has 1 aliphatic rings. The van der Waals surface area contributed by atoms with Crippen molar-refractivity contribution in [3.8, 4) is 0 Å². The lowest BCUT2D eigenvalue weighted by Crippen LogP contribution is -2.39. The molecule has 0 saturated carbocycles. The second-order valence-electron chi connectivity index (χ2n) is 5.40. The molecule has 1 saturated heterocycles. The van der Waals surface area contributed by atoms with Crippen LogP contribution in [0, 0.1) is 5.92 Å². The highest BCUT2D eigenvalue weighted by atomic mass is 16.5. The van der Waals surface area contributed by atoms with Crippen LogP contribution >= 0.6 is 0 Å². The summed E-state index contributed by atoms with van der Waals surface area (Å²) >= 11 is 0. The van der Waals surface area contributed by atoms with Crippen LogP contribution in [0.3, 0.4) is 0 Å². The molecule has 0 unspecified atom stereocenters. The number of ether oxygens (including phenoxy) is 1. The molecule has 2 rings (SSSR count). The zero-order valence-electron chi connectivity index (χ0n) is 15.1. The molecule has 0 radical (unpaired) electrons. The van der Waals surface area contributed by atoms with E-state index in [0.717, 1.165) is 51.1 Å². The average molecular weight is 312 g/mol. The molecular formula is C18H37N3O. The van der Waals surface area contributed by atoms with Gasteiger partial charge in [-0.05, 0) is 18.1 Å². The average Bonchev–Trinajstić information content (AvgIpc) is 2.59. The third-order valence-electron chi connectivity index (χ3n) is 3.32. The van der Waals surface area contributed by atoms with Crippen molar-refractivity contribution in [1.82, 2.24) is 9.88 Å². The van der Waals surface area contributed by atoms with Crippen molar-refractivity contribution in [2.24, 2.45) is 5.92 Å². The molecule has 2 heterocycles. The summed E-state index contributed by atoms with van der Waals surface area (Å²) in [6, 6.07) is 5.90. The molecule has 4 heteroatoms. The van der Waals surface area contributed by atoms with E-state index in [1.807, 2.05) is 32.0 Å². The van der Waals surface area contributed by atoms with Gasteiger partial charge in [0, 0.05) is 33.8 Å². The number of nitrogens with zero attached hydrogens (tertiary/aromatic N) is 2. The van der Waals surface area contributed by atoms with E-state index in [4.69, 9.17) is 4.74 Å². The Hall–Kier alpha value is -1.13. The summed E-state index contributed by atoms with van der Waals surface area (Å²) in [5.74, 6) is 1.83. The molecule has 130 valence electrons. The van der Waals surface area contributed by atoms with Crippen LogP contribution in [0.5, 0.6) is 0 Å². The van der Waals surface area contributed by atoms with Crippen molar-refractivity contribution in [3.63, 3.8) is 0 Å². The number of pyridine rings is 1. The van der Waals surface area contributed by atoms with Crippen LogP contribution in [0.1, 0.15) is 42.5 Å². The second kappa shape index (κ2) is 14.8. The molecule has 1 N–H and O–H groups in total. The van der Waals surface area contributed by atoms with Crippen molar-refractivity contribution in [2.45, 2.75) is 41.0 Å². The molecule has 1 aromatic heterocycles. The van der Waals surface area contributed by atoms with E-state index in [9.17, 15) is 0 Å². The van der Waals surface area contributed by atoms with E-state index in [1.165, 1.54) is 6.42 Å². The minimum Gasteiger partial charge on any atom is -0.379 e. The van der Waals surface area contributed by atoms with Crippen LogP contribution in [0.25, 0.3) is 0 Å². The first-order chi connectivity index (χ1) is 10.7. The standard InChI is InChI=1S/C11H17N3O.C5H12.C2H6.H2/c1-2-4-12-11(3-1)13-5-6-14-7-9-15-10-8-14;1-4-5(2)3;1-2;/h1-4H,5-10H2,(H,12,13);5H,4H2,1-3H3;1-2H3;1H. The minimum atomic E-state index is 0. The van der Waals surface area contributed by atoms with E-state index in [2.05, 4.69) is 36.0 Å². The molecule has 1 aliphatic heterocycles. The number of hydrogen-bond acceptors (Lipinski definition) is 4. The molecular weight excluding hydrogens is 274 g/mol. The van der Waals surface area contributed by atoms with E-state index in [0.29, 0.717) is 0 Å². The van der Waals surface area contributed by atoms with Crippen LogP contribution in [-0.2, 0) is 4.74 Å². The SMILES string of the molecule is CC.CCC(C)C.[HH].c1ccc(NCCN2CCOCC2)nc1. The third-order valence-corrected chi connectivity index (χ3v) is 3.32. The molecule has 1 aromatic rings. The molecule has 4 nitrogen and oxygen atoms in total. The first-order valence-electron chi connectivity index (χ1n) is 8.67. The van der Waals surface area contributed by atoms with Gasteiger partial charge in [-0.3, -0.25) is 4.90 Å². The van der Waals surface area contributed by atoms with Crippen LogP contribution < -0.4 is 5.32 Å². The number of rotatable bonds is 5. The summed E-state index contributed by atoms with van der Waals surface area (Å²) in [4.78, 5) is 6.61. The fraction of sp³-hybridized carbons (Fsp3) is 0.722. The van der Waals surface area contributed by atoms with Gasteiger partial charge in [0.05, 0.1) is 13.2 Å². The third kappa shape index (κ3) is 11.5. The largest absolute Gasteiger partial charge is 0.379 e. The molecule has 1 fully saturated rings. The van der Waals surface area contributed by atoms with E-state index in [-0.39, 0.29) is 1.43 Å². The van der Waals surface area contributed by atoms with Gasteiger partial charge in [-0.25, -0.2) is 4.98 Å². The maximum Gasteiger partial charge on any atom is 0.125 e. The van der Waals surface area contributed by atoms with E-state index >= 15 is 0 Å². The van der Waals surface area contributed by atoms with E-state index < -0.39 is 0 Å². The number of hydrogen-bond donors (Lipinski definition) is 1. The maximum atomic E-state index is 5.29. The molecule has 0 amide bonds. The van der Waals surface area contributed by atoms with Gasteiger partial charge in [0.2, 0.25) is 0 Å². The molecule has 0 spiro atoms. The number of morpholine rings is 1. The van der Waals surface area contributed by atoms with Crippen molar-refractivity contribution < 1.29 is 6.16 Å². The number of aromatic nitrogens is 1. The predicted molar refractivity (Wildman–Crippen MR) is 98.6 cm³/mol. The van der Waals surface area contributed by atoms with Crippen LogP contribution in [0.2, 0.25) is 0 Å². The summed E-state index contributed by atoms with van der Waals surface area (Å²) in [6.45, 7) is 16.5. The lowest BCUT2D eigenvalue weighted by atomic mass is 10.2.